The van der Waals surface area contributed by atoms with E-state index in [2.05, 4.69) is 42.4 Å². The number of rotatable bonds is 11. The number of guanidine groups is 1. The summed E-state index contributed by atoms with van der Waals surface area (Å²) < 4.78 is 6.02. The van der Waals surface area contributed by atoms with Crippen molar-refractivity contribution in [1.29, 1.82) is 0 Å². The summed E-state index contributed by atoms with van der Waals surface area (Å²) in [6.45, 7) is 12.8. The maximum absolute atomic E-state index is 6.02. The fourth-order valence-corrected chi connectivity index (χ4v) is 2.67. The number of halogens is 1. The summed E-state index contributed by atoms with van der Waals surface area (Å²) >= 11 is 0. The van der Waals surface area contributed by atoms with Crippen LogP contribution in [-0.4, -0.2) is 50.2 Å². The van der Waals surface area contributed by atoms with Crippen molar-refractivity contribution < 1.29 is 4.74 Å². The molecule has 148 valence electrons. The summed E-state index contributed by atoms with van der Waals surface area (Å²) in [4.78, 5) is 7.09. The van der Waals surface area contributed by atoms with Gasteiger partial charge in [-0.1, -0.05) is 32.0 Å². The SMILES string of the molecule is CCNC(=NCc1ccccc1OCCN(CC)CC)NCC1CC1.I. The zero-order valence-corrected chi connectivity index (χ0v) is 18.8. The van der Waals surface area contributed by atoms with E-state index in [0.29, 0.717) is 13.2 Å². The molecule has 0 radical (unpaired) electrons. The molecule has 1 aromatic carbocycles. The summed E-state index contributed by atoms with van der Waals surface area (Å²) in [5.41, 5.74) is 1.13. The van der Waals surface area contributed by atoms with Gasteiger partial charge in [0.15, 0.2) is 5.96 Å². The number of ether oxygens (including phenoxy) is 1. The summed E-state index contributed by atoms with van der Waals surface area (Å²) in [7, 11) is 0. The normalized spacial score (nSPS) is 14.1. The number of aliphatic imine (C=N–C) groups is 1. The molecule has 0 aliphatic heterocycles. The van der Waals surface area contributed by atoms with Gasteiger partial charge < -0.3 is 20.3 Å². The van der Waals surface area contributed by atoms with E-state index in [1.807, 2.05) is 18.2 Å². The zero-order chi connectivity index (χ0) is 17.9. The molecule has 6 heteroatoms. The Hall–Kier alpha value is -1.02. The Labute approximate surface area is 176 Å². The third-order valence-corrected chi connectivity index (χ3v) is 4.54. The van der Waals surface area contributed by atoms with Crippen molar-refractivity contribution in [2.24, 2.45) is 10.9 Å². The monoisotopic (exact) mass is 474 g/mol. The average molecular weight is 474 g/mol. The highest BCUT2D eigenvalue weighted by Crippen LogP contribution is 2.27. The molecule has 0 heterocycles. The molecule has 1 aliphatic rings. The maximum Gasteiger partial charge on any atom is 0.191 e. The predicted octanol–water partition coefficient (Wildman–Crippen LogP) is 3.49. The Morgan fingerprint density at radius 1 is 1.15 bits per heavy atom. The molecule has 1 fully saturated rings. The Morgan fingerprint density at radius 2 is 1.88 bits per heavy atom. The second kappa shape index (κ2) is 13.2. The molecule has 26 heavy (non-hydrogen) atoms. The Bertz CT molecular complexity index is 530. The lowest BCUT2D eigenvalue weighted by atomic mass is 10.2. The largest absolute Gasteiger partial charge is 0.492 e. The van der Waals surface area contributed by atoms with E-state index in [4.69, 9.17) is 9.73 Å². The minimum atomic E-state index is 0. The highest BCUT2D eigenvalue weighted by atomic mass is 127. The van der Waals surface area contributed by atoms with Gasteiger partial charge in [-0.2, -0.15) is 0 Å². The van der Waals surface area contributed by atoms with E-state index in [-0.39, 0.29) is 24.0 Å². The highest BCUT2D eigenvalue weighted by Gasteiger charge is 2.21. The lowest BCUT2D eigenvalue weighted by Crippen LogP contribution is -2.38. The van der Waals surface area contributed by atoms with Gasteiger partial charge in [-0.05, 0) is 44.8 Å². The average Bonchev–Trinajstić information content (AvgIpc) is 3.46. The molecule has 0 aromatic heterocycles. The van der Waals surface area contributed by atoms with Crippen LogP contribution in [0.3, 0.4) is 0 Å². The van der Waals surface area contributed by atoms with E-state index >= 15 is 0 Å². The van der Waals surface area contributed by atoms with E-state index in [1.165, 1.54) is 12.8 Å². The van der Waals surface area contributed by atoms with Crippen LogP contribution >= 0.6 is 24.0 Å². The van der Waals surface area contributed by atoms with E-state index < -0.39 is 0 Å². The van der Waals surface area contributed by atoms with Crippen LogP contribution in [0.4, 0.5) is 0 Å². The van der Waals surface area contributed by atoms with Crippen molar-refractivity contribution in [2.75, 3.05) is 39.3 Å². The molecule has 5 nitrogen and oxygen atoms in total. The van der Waals surface area contributed by atoms with Gasteiger partial charge in [0.25, 0.3) is 0 Å². The number of hydrogen-bond acceptors (Lipinski definition) is 3. The van der Waals surface area contributed by atoms with Gasteiger partial charge in [-0.3, -0.25) is 0 Å². The van der Waals surface area contributed by atoms with Gasteiger partial charge in [0.2, 0.25) is 0 Å². The standard InChI is InChI=1S/C20H34N4O.HI/c1-4-21-20(22-15-17-11-12-17)23-16-18-9-7-8-10-19(18)25-14-13-24(5-2)6-3;/h7-10,17H,4-6,11-16H2,1-3H3,(H2,21,22,23);1H. The summed E-state index contributed by atoms with van der Waals surface area (Å²) in [6, 6.07) is 8.21. The van der Waals surface area contributed by atoms with E-state index in [9.17, 15) is 0 Å². The molecule has 0 amide bonds. The van der Waals surface area contributed by atoms with E-state index in [1.54, 1.807) is 0 Å². The quantitative estimate of drug-likeness (QED) is 0.293. The smallest absolute Gasteiger partial charge is 0.191 e. The lowest BCUT2D eigenvalue weighted by Gasteiger charge is -2.18. The molecule has 1 aromatic rings. The van der Waals surface area contributed by atoms with Crippen molar-refractivity contribution in [1.82, 2.24) is 15.5 Å². The number of para-hydroxylation sites is 1. The number of nitrogens with one attached hydrogen (secondary N) is 2. The number of hydrogen-bond donors (Lipinski definition) is 2. The molecule has 1 aliphatic carbocycles. The first-order valence-corrected chi connectivity index (χ1v) is 9.72. The highest BCUT2D eigenvalue weighted by molar-refractivity contribution is 14.0. The molecule has 2 rings (SSSR count). The molecule has 2 N–H and O–H groups in total. The summed E-state index contributed by atoms with van der Waals surface area (Å²) in [6.07, 6.45) is 2.69. The first-order valence-electron chi connectivity index (χ1n) is 9.72. The van der Waals surface area contributed by atoms with Crippen molar-refractivity contribution in [3.63, 3.8) is 0 Å². The summed E-state index contributed by atoms with van der Waals surface area (Å²) in [5, 5.41) is 6.76. The fourth-order valence-electron chi connectivity index (χ4n) is 2.67. The van der Waals surface area contributed by atoms with Gasteiger partial charge in [-0.25, -0.2) is 4.99 Å². The fraction of sp³-hybridized carbons (Fsp3) is 0.650. The van der Waals surface area contributed by atoms with Crippen molar-refractivity contribution >= 4 is 29.9 Å². The Balaban J connectivity index is 0.00000338. The van der Waals surface area contributed by atoms with Gasteiger partial charge in [0.1, 0.15) is 12.4 Å². The Morgan fingerprint density at radius 3 is 2.54 bits per heavy atom. The molecule has 1 saturated carbocycles. The lowest BCUT2D eigenvalue weighted by molar-refractivity contribution is 0.221. The van der Waals surface area contributed by atoms with Crippen LogP contribution in [0.2, 0.25) is 0 Å². The van der Waals surface area contributed by atoms with Crippen LogP contribution in [0.1, 0.15) is 39.2 Å². The minimum Gasteiger partial charge on any atom is -0.492 e. The second-order valence-corrected chi connectivity index (χ2v) is 6.50. The van der Waals surface area contributed by atoms with Gasteiger partial charge in [0.05, 0.1) is 6.54 Å². The maximum atomic E-state index is 6.02. The zero-order valence-electron chi connectivity index (χ0n) is 16.5. The topological polar surface area (TPSA) is 48.9 Å². The molecule has 0 bridgehead atoms. The molecule has 0 unspecified atom stereocenters. The minimum absolute atomic E-state index is 0. The molecular formula is C20H35IN4O. The number of benzene rings is 1. The first-order chi connectivity index (χ1) is 12.3. The van der Waals surface area contributed by atoms with Crippen molar-refractivity contribution in [3.8, 4) is 5.75 Å². The van der Waals surface area contributed by atoms with Crippen molar-refractivity contribution in [3.05, 3.63) is 29.8 Å². The number of nitrogens with zero attached hydrogens (tertiary/aromatic N) is 2. The van der Waals surface area contributed by atoms with Crippen LogP contribution < -0.4 is 15.4 Å². The third kappa shape index (κ3) is 8.58. The van der Waals surface area contributed by atoms with Crippen LogP contribution in [0, 0.1) is 5.92 Å². The molecular weight excluding hydrogens is 439 g/mol. The van der Waals surface area contributed by atoms with Crippen molar-refractivity contribution in [2.45, 2.75) is 40.2 Å². The number of likely N-dealkylation sites (N-methyl/N-ethyl adjacent to an activating group) is 1. The first kappa shape index (κ1) is 23.0. The van der Waals surface area contributed by atoms with Gasteiger partial charge >= 0.3 is 0 Å². The molecule has 0 atom stereocenters. The Kier molecular flexibility index (Phi) is 11.7. The van der Waals surface area contributed by atoms with Crippen LogP contribution in [0.15, 0.2) is 29.3 Å². The van der Waals surface area contributed by atoms with E-state index in [0.717, 1.165) is 55.9 Å². The van der Waals surface area contributed by atoms with Gasteiger partial charge in [0, 0.05) is 25.2 Å². The van der Waals surface area contributed by atoms with Crippen LogP contribution in [-0.2, 0) is 6.54 Å². The summed E-state index contributed by atoms with van der Waals surface area (Å²) in [5.74, 6) is 2.67. The van der Waals surface area contributed by atoms with Gasteiger partial charge in [-0.15, -0.1) is 24.0 Å². The molecule has 0 spiro atoms. The van der Waals surface area contributed by atoms with Crippen LogP contribution in [0.5, 0.6) is 5.75 Å². The second-order valence-electron chi connectivity index (χ2n) is 6.50. The predicted molar refractivity (Wildman–Crippen MR) is 121 cm³/mol. The molecule has 0 saturated heterocycles. The van der Waals surface area contributed by atoms with Crippen LogP contribution in [0.25, 0.3) is 0 Å². The third-order valence-electron chi connectivity index (χ3n) is 4.54.